The first-order valence-electron chi connectivity index (χ1n) is 4.46. The van der Waals surface area contributed by atoms with E-state index in [0.717, 1.165) is 6.42 Å². The van der Waals surface area contributed by atoms with Crippen molar-refractivity contribution in [2.45, 2.75) is 12.8 Å². The van der Waals surface area contributed by atoms with Gasteiger partial charge < -0.3 is 15.8 Å². The van der Waals surface area contributed by atoms with Gasteiger partial charge in [0.1, 0.15) is 0 Å². The summed E-state index contributed by atoms with van der Waals surface area (Å²) in [5.41, 5.74) is 5.26. The molecule has 13 heavy (non-hydrogen) atoms. The molecule has 0 fully saturated rings. The Bertz CT molecular complexity index is 133. The molecule has 4 nitrogen and oxygen atoms in total. The summed E-state index contributed by atoms with van der Waals surface area (Å²) in [7, 11) is 0. The van der Waals surface area contributed by atoms with Gasteiger partial charge in [0.15, 0.2) is 0 Å². The minimum atomic E-state index is 0.0416. The highest BCUT2D eigenvalue weighted by atomic mass is 32.1. The zero-order valence-electron chi connectivity index (χ0n) is 7.79. The molecule has 5 heteroatoms. The molecule has 1 amide bonds. The lowest BCUT2D eigenvalue weighted by atomic mass is 10.3. The largest absolute Gasteiger partial charge is 0.379 e. The highest BCUT2D eigenvalue weighted by Crippen LogP contribution is 1.85. The Hall–Kier alpha value is -0.260. The van der Waals surface area contributed by atoms with Crippen molar-refractivity contribution in [3.8, 4) is 0 Å². The molecule has 0 aliphatic heterocycles. The third-order valence-electron chi connectivity index (χ3n) is 1.41. The summed E-state index contributed by atoms with van der Waals surface area (Å²) < 4.78 is 5.12. The minimum Gasteiger partial charge on any atom is -0.379 e. The number of thiol groups is 1. The Morgan fingerprint density at radius 1 is 1.46 bits per heavy atom. The molecule has 0 saturated heterocycles. The third kappa shape index (κ3) is 9.66. The summed E-state index contributed by atoms with van der Waals surface area (Å²) in [6.45, 7) is 2.30. The molecule has 0 radical (unpaired) electrons. The fourth-order valence-electron chi connectivity index (χ4n) is 0.780. The fraction of sp³-hybridized carbons (Fsp3) is 0.875. The average molecular weight is 206 g/mol. The van der Waals surface area contributed by atoms with Crippen LogP contribution in [-0.2, 0) is 9.53 Å². The molecule has 78 valence electrons. The Morgan fingerprint density at radius 2 is 2.23 bits per heavy atom. The van der Waals surface area contributed by atoms with Gasteiger partial charge in [-0.2, -0.15) is 12.6 Å². The summed E-state index contributed by atoms with van der Waals surface area (Å²) in [4.78, 5) is 11.0. The van der Waals surface area contributed by atoms with E-state index >= 15 is 0 Å². The van der Waals surface area contributed by atoms with Crippen LogP contribution in [0.25, 0.3) is 0 Å². The lowest BCUT2D eigenvalue weighted by molar-refractivity contribution is -0.121. The second kappa shape index (κ2) is 9.83. The van der Waals surface area contributed by atoms with E-state index < -0.39 is 0 Å². The van der Waals surface area contributed by atoms with E-state index in [0.29, 0.717) is 38.5 Å². The summed E-state index contributed by atoms with van der Waals surface area (Å²) in [6, 6.07) is 0. The van der Waals surface area contributed by atoms with Crippen LogP contribution in [0.15, 0.2) is 0 Å². The van der Waals surface area contributed by atoms with Crippen LogP contribution in [0.3, 0.4) is 0 Å². The standard InChI is InChI=1S/C8H18N2O2S/c9-3-1-2-8(11)10-4-5-12-6-7-13/h13H,1-7,9H2,(H,10,11). The summed E-state index contributed by atoms with van der Waals surface area (Å²) in [6.07, 6.45) is 1.24. The van der Waals surface area contributed by atoms with E-state index in [9.17, 15) is 4.79 Å². The van der Waals surface area contributed by atoms with Gasteiger partial charge in [0.2, 0.25) is 5.91 Å². The molecule has 0 aromatic heterocycles. The van der Waals surface area contributed by atoms with E-state index in [1.807, 2.05) is 0 Å². The van der Waals surface area contributed by atoms with Crippen LogP contribution >= 0.6 is 12.6 Å². The second-order valence-electron chi connectivity index (χ2n) is 2.58. The third-order valence-corrected chi connectivity index (χ3v) is 1.59. The number of rotatable bonds is 8. The van der Waals surface area contributed by atoms with Gasteiger partial charge in [0.05, 0.1) is 13.2 Å². The van der Waals surface area contributed by atoms with Crippen molar-refractivity contribution in [1.82, 2.24) is 5.32 Å². The molecule has 0 unspecified atom stereocenters. The number of ether oxygens (including phenoxy) is 1. The number of hydrogen-bond donors (Lipinski definition) is 3. The molecule has 0 spiro atoms. The Morgan fingerprint density at radius 3 is 2.85 bits per heavy atom. The maximum Gasteiger partial charge on any atom is 0.220 e. The molecule has 0 aliphatic rings. The van der Waals surface area contributed by atoms with Crippen molar-refractivity contribution in [3.05, 3.63) is 0 Å². The highest BCUT2D eigenvalue weighted by molar-refractivity contribution is 7.80. The number of hydrogen-bond acceptors (Lipinski definition) is 4. The van der Waals surface area contributed by atoms with E-state index in [-0.39, 0.29) is 5.91 Å². The lowest BCUT2D eigenvalue weighted by Crippen LogP contribution is -2.27. The number of nitrogens with two attached hydrogens (primary N) is 1. The number of amides is 1. The molecular weight excluding hydrogens is 188 g/mol. The van der Waals surface area contributed by atoms with E-state index in [4.69, 9.17) is 10.5 Å². The molecule has 0 aliphatic carbocycles. The highest BCUT2D eigenvalue weighted by Gasteiger charge is 1.98. The first-order valence-corrected chi connectivity index (χ1v) is 5.10. The maximum atomic E-state index is 11.0. The second-order valence-corrected chi connectivity index (χ2v) is 3.03. The first-order chi connectivity index (χ1) is 6.31. The molecule has 0 aromatic rings. The molecule has 3 N–H and O–H groups in total. The first kappa shape index (κ1) is 12.7. The van der Waals surface area contributed by atoms with Crippen LogP contribution in [-0.4, -0.2) is 38.0 Å². The van der Waals surface area contributed by atoms with Crippen LogP contribution in [0.1, 0.15) is 12.8 Å². The number of nitrogens with one attached hydrogen (secondary N) is 1. The summed E-state index contributed by atoms with van der Waals surface area (Å²) in [5.74, 6) is 0.751. The SMILES string of the molecule is NCCCC(=O)NCCOCCS. The van der Waals surface area contributed by atoms with Gasteiger partial charge in [0.25, 0.3) is 0 Å². The van der Waals surface area contributed by atoms with Crippen LogP contribution < -0.4 is 11.1 Å². The van der Waals surface area contributed by atoms with E-state index in [1.165, 1.54) is 0 Å². The molecule has 0 atom stereocenters. The minimum absolute atomic E-state index is 0.0416. The van der Waals surface area contributed by atoms with Crippen molar-refractivity contribution in [3.63, 3.8) is 0 Å². The van der Waals surface area contributed by atoms with Gasteiger partial charge in [-0.05, 0) is 13.0 Å². The smallest absolute Gasteiger partial charge is 0.220 e. The van der Waals surface area contributed by atoms with Gasteiger partial charge in [0, 0.05) is 18.7 Å². The van der Waals surface area contributed by atoms with Gasteiger partial charge in [-0.3, -0.25) is 4.79 Å². The average Bonchev–Trinajstić information content (AvgIpc) is 2.14. The maximum absolute atomic E-state index is 11.0. The molecule has 0 saturated carbocycles. The Balaban J connectivity index is 3.08. The van der Waals surface area contributed by atoms with Crippen molar-refractivity contribution in [2.75, 3.05) is 32.1 Å². The predicted octanol–water partition coefficient (Wildman–Crippen LogP) is -0.212. The molecular formula is C8H18N2O2S. The predicted molar refractivity (Wildman–Crippen MR) is 56.0 cm³/mol. The van der Waals surface area contributed by atoms with Gasteiger partial charge >= 0.3 is 0 Å². The topological polar surface area (TPSA) is 64.4 Å². The van der Waals surface area contributed by atoms with Crippen molar-refractivity contribution in [1.29, 1.82) is 0 Å². The Labute approximate surface area is 84.6 Å². The summed E-state index contributed by atoms with van der Waals surface area (Å²) >= 11 is 3.98. The van der Waals surface area contributed by atoms with Crippen LogP contribution in [0.2, 0.25) is 0 Å². The van der Waals surface area contributed by atoms with Crippen LogP contribution in [0.5, 0.6) is 0 Å². The lowest BCUT2D eigenvalue weighted by Gasteiger charge is -2.04. The normalized spacial score (nSPS) is 10.0. The van der Waals surface area contributed by atoms with Gasteiger partial charge in [-0.1, -0.05) is 0 Å². The van der Waals surface area contributed by atoms with E-state index in [2.05, 4.69) is 17.9 Å². The number of carbonyl (C=O) groups excluding carboxylic acids is 1. The van der Waals surface area contributed by atoms with Gasteiger partial charge in [-0.25, -0.2) is 0 Å². The summed E-state index contributed by atoms with van der Waals surface area (Å²) in [5, 5.41) is 2.73. The van der Waals surface area contributed by atoms with Crippen LogP contribution in [0, 0.1) is 0 Å². The quantitative estimate of drug-likeness (QED) is 0.380. The monoisotopic (exact) mass is 206 g/mol. The molecule has 0 bridgehead atoms. The van der Waals surface area contributed by atoms with Crippen molar-refractivity contribution < 1.29 is 9.53 Å². The van der Waals surface area contributed by atoms with Crippen molar-refractivity contribution in [2.24, 2.45) is 5.73 Å². The zero-order chi connectivity index (χ0) is 9.94. The van der Waals surface area contributed by atoms with Crippen LogP contribution in [0.4, 0.5) is 0 Å². The van der Waals surface area contributed by atoms with E-state index in [1.54, 1.807) is 0 Å². The number of carbonyl (C=O) groups is 1. The zero-order valence-corrected chi connectivity index (χ0v) is 8.69. The van der Waals surface area contributed by atoms with Gasteiger partial charge in [-0.15, -0.1) is 0 Å². The molecule has 0 aromatic carbocycles. The molecule has 0 rings (SSSR count). The molecule has 0 heterocycles. The fourth-order valence-corrected chi connectivity index (χ4v) is 0.909. The van der Waals surface area contributed by atoms with Crippen molar-refractivity contribution >= 4 is 18.5 Å². The Kier molecular flexibility index (Phi) is 9.63.